The van der Waals surface area contributed by atoms with Gasteiger partial charge in [-0.2, -0.15) is 0 Å². The lowest BCUT2D eigenvalue weighted by molar-refractivity contribution is 0.260. The Morgan fingerprint density at radius 2 is 2.12 bits per heavy atom. The fraction of sp³-hybridized carbons (Fsp3) is 0.368. The average Bonchev–Trinajstić information content (AvgIpc) is 2.99. The van der Waals surface area contributed by atoms with Crippen molar-refractivity contribution in [3.05, 3.63) is 41.8 Å². The Morgan fingerprint density at radius 1 is 1.27 bits per heavy atom. The maximum atomic E-state index is 14.5. The van der Waals surface area contributed by atoms with Gasteiger partial charge in [0.1, 0.15) is 17.0 Å². The zero-order valence-electron chi connectivity index (χ0n) is 14.9. The number of aryl methyl sites for hydroxylation is 1. The van der Waals surface area contributed by atoms with Crippen molar-refractivity contribution in [2.24, 2.45) is 0 Å². The van der Waals surface area contributed by atoms with E-state index >= 15 is 0 Å². The molecule has 7 heteroatoms. The highest BCUT2D eigenvalue weighted by Crippen LogP contribution is 2.33. The minimum Gasteiger partial charge on any atom is -0.507 e. The number of rotatable bonds is 3. The molecule has 1 aliphatic rings. The third-order valence-electron chi connectivity index (χ3n) is 4.90. The fourth-order valence-electron chi connectivity index (χ4n) is 3.59. The molecule has 26 heavy (non-hydrogen) atoms. The van der Waals surface area contributed by atoms with E-state index in [1.165, 1.54) is 6.07 Å². The van der Waals surface area contributed by atoms with Crippen molar-refractivity contribution < 1.29 is 9.50 Å². The Balaban J connectivity index is 1.77. The largest absolute Gasteiger partial charge is 0.507 e. The fourth-order valence-corrected chi connectivity index (χ4v) is 3.59. The van der Waals surface area contributed by atoms with E-state index in [1.807, 2.05) is 13.0 Å². The molecule has 0 bridgehead atoms. The summed E-state index contributed by atoms with van der Waals surface area (Å²) < 4.78 is 16.2. The number of aromatic nitrogens is 3. The quantitative estimate of drug-likeness (QED) is 0.756. The Bertz CT molecular complexity index is 954. The second-order valence-corrected chi connectivity index (χ2v) is 7.02. The van der Waals surface area contributed by atoms with E-state index in [1.54, 1.807) is 22.7 Å². The second-order valence-electron chi connectivity index (χ2n) is 7.02. The molecule has 1 saturated heterocycles. The average molecular weight is 355 g/mol. The summed E-state index contributed by atoms with van der Waals surface area (Å²) in [6.07, 6.45) is 3.79. The molecule has 2 aromatic heterocycles. The minimum absolute atomic E-state index is 0.0661. The zero-order valence-corrected chi connectivity index (χ0v) is 14.9. The summed E-state index contributed by atoms with van der Waals surface area (Å²) in [7, 11) is 2.09. The predicted octanol–water partition coefficient (Wildman–Crippen LogP) is 3.06. The number of benzene rings is 1. The first-order valence-electron chi connectivity index (χ1n) is 8.81. The van der Waals surface area contributed by atoms with E-state index in [0.29, 0.717) is 22.7 Å². The Kier molecular flexibility index (Phi) is 4.24. The second kappa shape index (κ2) is 6.57. The molecular weight excluding hydrogens is 333 g/mol. The molecule has 1 fully saturated rings. The molecule has 1 aromatic carbocycles. The van der Waals surface area contributed by atoms with Gasteiger partial charge >= 0.3 is 0 Å². The number of nitrogens with one attached hydrogen (secondary N) is 1. The van der Waals surface area contributed by atoms with Gasteiger partial charge in [-0.25, -0.2) is 4.39 Å². The SMILES string of the molecule is Cc1ccc(-c2nnc(NC3CCCN(C)C3)n3ccc(F)c23)c(O)c1. The number of halogens is 1. The van der Waals surface area contributed by atoms with Gasteiger partial charge in [-0.05, 0) is 57.1 Å². The van der Waals surface area contributed by atoms with Crippen LogP contribution in [0.3, 0.4) is 0 Å². The standard InChI is InChI=1S/C19H22FN5O/c1-12-5-6-14(16(26)10-12)17-18-15(20)7-9-25(18)19(23-22-17)21-13-4-3-8-24(2)11-13/h5-7,9-10,13,26H,3-4,8,11H2,1-2H3,(H,21,23). The van der Waals surface area contributed by atoms with Crippen LogP contribution >= 0.6 is 0 Å². The van der Waals surface area contributed by atoms with E-state index in [-0.39, 0.29) is 11.8 Å². The normalized spacial score (nSPS) is 18.3. The summed E-state index contributed by atoms with van der Waals surface area (Å²) >= 11 is 0. The van der Waals surface area contributed by atoms with Gasteiger partial charge in [0.25, 0.3) is 0 Å². The van der Waals surface area contributed by atoms with Crippen LogP contribution in [-0.4, -0.2) is 50.8 Å². The molecule has 3 heterocycles. The molecule has 1 unspecified atom stereocenters. The lowest BCUT2D eigenvalue weighted by Crippen LogP contribution is -2.40. The monoisotopic (exact) mass is 355 g/mol. The summed E-state index contributed by atoms with van der Waals surface area (Å²) in [5.41, 5.74) is 2.03. The smallest absolute Gasteiger partial charge is 0.228 e. The third kappa shape index (κ3) is 2.99. The molecule has 0 spiro atoms. The van der Waals surface area contributed by atoms with Gasteiger partial charge in [0.05, 0.1) is 0 Å². The number of aromatic hydroxyl groups is 1. The number of piperidine rings is 1. The topological polar surface area (TPSA) is 65.7 Å². The van der Waals surface area contributed by atoms with Gasteiger partial charge in [0, 0.05) is 24.3 Å². The van der Waals surface area contributed by atoms with E-state index in [0.717, 1.165) is 31.5 Å². The molecule has 0 saturated carbocycles. The first-order chi connectivity index (χ1) is 12.5. The van der Waals surface area contributed by atoms with Gasteiger partial charge in [0.15, 0.2) is 5.82 Å². The summed E-state index contributed by atoms with van der Waals surface area (Å²) in [6.45, 7) is 3.88. The van der Waals surface area contributed by atoms with Gasteiger partial charge in [0.2, 0.25) is 5.95 Å². The van der Waals surface area contributed by atoms with Crippen molar-refractivity contribution in [1.82, 2.24) is 19.5 Å². The molecular formula is C19H22FN5O. The number of anilines is 1. The number of fused-ring (bicyclic) bond motifs is 1. The third-order valence-corrected chi connectivity index (χ3v) is 4.90. The number of hydrogen-bond donors (Lipinski definition) is 2. The van der Waals surface area contributed by atoms with Crippen LogP contribution in [0.25, 0.3) is 16.8 Å². The lowest BCUT2D eigenvalue weighted by atomic mass is 10.1. The van der Waals surface area contributed by atoms with Crippen LogP contribution in [0.4, 0.5) is 10.3 Å². The van der Waals surface area contributed by atoms with Crippen LogP contribution in [0.1, 0.15) is 18.4 Å². The molecule has 1 atom stereocenters. The van der Waals surface area contributed by atoms with Crippen molar-refractivity contribution >= 4 is 11.5 Å². The van der Waals surface area contributed by atoms with Crippen molar-refractivity contribution in [3.8, 4) is 17.0 Å². The van der Waals surface area contributed by atoms with Crippen molar-refractivity contribution in [1.29, 1.82) is 0 Å². The highest BCUT2D eigenvalue weighted by Gasteiger charge is 2.21. The maximum absolute atomic E-state index is 14.5. The predicted molar refractivity (Wildman–Crippen MR) is 98.9 cm³/mol. The number of hydrogen-bond acceptors (Lipinski definition) is 5. The molecule has 6 nitrogen and oxygen atoms in total. The van der Waals surface area contributed by atoms with Crippen LogP contribution < -0.4 is 5.32 Å². The molecule has 1 aliphatic heterocycles. The molecule has 0 aliphatic carbocycles. The molecule has 136 valence electrons. The van der Waals surface area contributed by atoms with Crippen molar-refractivity contribution in [2.75, 3.05) is 25.5 Å². The molecule has 3 aromatic rings. The van der Waals surface area contributed by atoms with Crippen LogP contribution in [-0.2, 0) is 0 Å². The van der Waals surface area contributed by atoms with Gasteiger partial charge in [-0.15, -0.1) is 10.2 Å². The van der Waals surface area contributed by atoms with Gasteiger partial charge < -0.3 is 15.3 Å². The van der Waals surface area contributed by atoms with E-state index < -0.39 is 5.82 Å². The summed E-state index contributed by atoms with van der Waals surface area (Å²) in [4.78, 5) is 2.26. The van der Waals surface area contributed by atoms with Crippen LogP contribution in [0.2, 0.25) is 0 Å². The molecule has 4 rings (SSSR count). The molecule has 0 radical (unpaired) electrons. The van der Waals surface area contributed by atoms with Crippen molar-refractivity contribution in [3.63, 3.8) is 0 Å². The number of likely N-dealkylation sites (tertiary alicyclic amines) is 1. The highest BCUT2D eigenvalue weighted by atomic mass is 19.1. The Morgan fingerprint density at radius 3 is 2.88 bits per heavy atom. The highest BCUT2D eigenvalue weighted by molar-refractivity contribution is 5.81. The van der Waals surface area contributed by atoms with Crippen LogP contribution in [0.15, 0.2) is 30.5 Å². The lowest BCUT2D eigenvalue weighted by Gasteiger charge is -2.30. The van der Waals surface area contributed by atoms with Crippen LogP contribution in [0, 0.1) is 12.7 Å². The first-order valence-corrected chi connectivity index (χ1v) is 8.81. The Hall–Kier alpha value is -2.67. The first kappa shape index (κ1) is 16.8. The summed E-state index contributed by atoms with van der Waals surface area (Å²) in [6, 6.07) is 6.88. The van der Waals surface area contributed by atoms with Crippen LogP contribution in [0.5, 0.6) is 5.75 Å². The summed E-state index contributed by atoms with van der Waals surface area (Å²) in [5, 5.41) is 22.2. The van der Waals surface area contributed by atoms with E-state index in [2.05, 4.69) is 27.5 Å². The van der Waals surface area contributed by atoms with Gasteiger partial charge in [-0.3, -0.25) is 4.40 Å². The number of phenolic OH excluding ortho intramolecular Hbond substituents is 1. The Labute approximate surface area is 151 Å². The number of phenols is 1. The maximum Gasteiger partial charge on any atom is 0.228 e. The number of likely N-dealkylation sites (N-methyl/N-ethyl adjacent to an activating group) is 1. The molecule has 2 N–H and O–H groups in total. The number of nitrogens with zero attached hydrogens (tertiary/aromatic N) is 4. The molecule has 0 amide bonds. The van der Waals surface area contributed by atoms with E-state index in [9.17, 15) is 9.50 Å². The zero-order chi connectivity index (χ0) is 18.3. The van der Waals surface area contributed by atoms with Gasteiger partial charge in [-0.1, -0.05) is 6.07 Å². The van der Waals surface area contributed by atoms with Crippen molar-refractivity contribution in [2.45, 2.75) is 25.8 Å². The van der Waals surface area contributed by atoms with E-state index in [4.69, 9.17) is 0 Å². The minimum atomic E-state index is -0.390. The summed E-state index contributed by atoms with van der Waals surface area (Å²) in [5.74, 6) is 0.189.